The molecule has 0 bridgehead atoms. The van der Waals surface area contributed by atoms with Crippen molar-refractivity contribution in [3.63, 3.8) is 0 Å². The molecule has 0 atom stereocenters. The van der Waals surface area contributed by atoms with Gasteiger partial charge in [0.1, 0.15) is 5.69 Å². The van der Waals surface area contributed by atoms with E-state index in [1.807, 2.05) is 0 Å². The lowest BCUT2D eigenvalue weighted by atomic mass is 10.1. The summed E-state index contributed by atoms with van der Waals surface area (Å²) >= 11 is 0. The largest absolute Gasteiger partial charge is 0.462 e. The van der Waals surface area contributed by atoms with Crippen LogP contribution in [0, 0.1) is 0 Å². The summed E-state index contributed by atoms with van der Waals surface area (Å²) in [4.78, 5) is 52.0. The van der Waals surface area contributed by atoms with Crippen molar-refractivity contribution in [2.45, 2.75) is 13.8 Å². The van der Waals surface area contributed by atoms with E-state index in [0.29, 0.717) is 0 Å². The van der Waals surface area contributed by atoms with E-state index in [1.165, 1.54) is 12.3 Å². The van der Waals surface area contributed by atoms with E-state index in [9.17, 15) is 19.2 Å². The van der Waals surface area contributed by atoms with Gasteiger partial charge < -0.3 is 19.4 Å². The maximum absolute atomic E-state index is 12.1. The number of carbonyl (C=O) groups is 3. The number of ketones is 1. The Hall–Kier alpha value is -2.90. The third-order valence-corrected chi connectivity index (χ3v) is 2.81. The molecule has 0 fully saturated rings. The molecule has 0 unspecified atom stereocenters. The van der Waals surface area contributed by atoms with Crippen molar-refractivity contribution < 1.29 is 23.9 Å². The Morgan fingerprint density at radius 3 is 2.21 bits per heavy atom. The average molecular weight is 336 g/mol. The fraction of sp³-hybridized carbons (Fsp3) is 0.375. The predicted molar refractivity (Wildman–Crippen MR) is 86.1 cm³/mol. The van der Waals surface area contributed by atoms with Gasteiger partial charge in [-0.25, -0.2) is 9.59 Å². The summed E-state index contributed by atoms with van der Waals surface area (Å²) in [6.45, 7) is 3.32. The van der Waals surface area contributed by atoms with E-state index in [0.717, 1.165) is 6.07 Å². The first-order valence-electron chi connectivity index (χ1n) is 7.32. The molecule has 8 nitrogen and oxygen atoms in total. The van der Waals surface area contributed by atoms with Gasteiger partial charge in [0.15, 0.2) is 5.78 Å². The highest BCUT2D eigenvalue weighted by Gasteiger charge is 2.24. The van der Waals surface area contributed by atoms with Gasteiger partial charge in [-0.3, -0.25) is 9.59 Å². The number of rotatable bonds is 7. The minimum absolute atomic E-state index is 0.0649. The smallest absolute Gasteiger partial charge is 0.355 e. The second kappa shape index (κ2) is 8.66. The van der Waals surface area contributed by atoms with Crippen LogP contribution >= 0.6 is 0 Å². The second-order valence-corrected chi connectivity index (χ2v) is 4.89. The number of nitrogens with one attached hydrogen (secondary N) is 1. The number of hydrogen-bond donors (Lipinski definition) is 1. The van der Waals surface area contributed by atoms with E-state index < -0.39 is 23.3 Å². The summed E-state index contributed by atoms with van der Waals surface area (Å²) in [6.07, 6.45) is 2.65. The van der Waals surface area contributed by atoms with Crippen molar-refractivity contribution in [1.82, 2.24) is 9.88 Å². The monoisotopic (exact) mass is 336 g/mol. The topological polar surface area (TPSA) is 106 Å². The molecule has 0 aliphatic carbocycles. The fourth-order valence-corrected chi connectivity index (χ4v) is 1.75. The molecule has 0 saturated heterocycles. The molecule has 130 valence electrons. The molecule has 8 heteroatoms. The van der Waals surface area contributed by atoms with Crippen LogP contribution in [0.4, 0.5) is 0 Å². The first-order valence-corrected chi connectivity index (χ1v) is 7.32. The van der Waals surface area contributed by atoms with E-state index in [2.05, 4.69) is 4.98 Å². The number of pyridine rings is 1. The van der Waals surface area contributed by atoms with Crippen molar-refractivity contribution in [2.75, 3.05) is 27.3 Å². The number of H-pyrrole nitrogens is 1. The maximum Gasteiger partial charge on any atom is 0.355 e. The van der Waals surface area contributed by atoms with E-state index in [1.54, 1.807) is 32.8 Å². The lowest BCUT2D eigenvalue weighted by molar-refractivity contribution is 0.0473. The zero-order valence-electron chi connectivity index (χ0n) is 14.0. The van der Waals surface area contributed by atoms with Gasteiger partial charge in [0, 0.05) is 26.4 Å². The quantitative estimate of drug-likeness (QED) is 0.449. The maximum atomic E-state index is 12.1. The molecule has 1 aromatic heterocycles. The molecule has 0 aromatic carbocycles. The molecule has 0 saturated carbocycles. The molecule has 0 aliphatic heterocycles. The molecule has 0 radical (unpaired) electrons. The Morgan fingerprint density at radius 1 is 1.08 bits per heavy atom. The first kappa shape index (κ1) is 19.1. The van der Waals surface area contributed by atoms with Crippen molar-refractivity contribution in [1.29, 1.82) is 0 Å². The van der Waals surface area contributed by atoms with Gasteiger partial charge in [-0.05, 0) is 19.9 Å². The van der Waals surface area contributed by atoms with Gasteiger partial charge in [0.2, 0.25) is 0 Å². The number of hydrogen-bond acceptors (Lipinski definition) is 7. The Kier molecular flexibility index (Phi) is 6.91. The van der Waals surface area contributed by atoms with Crippen LogP contribution in [-0.4, -0.2) is 54.9 Å². The van der Waals surface area contributed by atoms with Crippen LogP contribution in [0.25, 0.3) is 0 Å². The third kappa shape index (κ3) is 4.80. The molecule has 0 aliphatic rings. The summed E-state index contributed by atoms with van der Waals surface area (Å²) in [7, 11) is 3.42. The molecule has 1 rings (SSSR count). The molecule has 1 aromatic rings. The van der Waals surface area contributed by atoms with Crippen molar-refractivity contribution in [2.24, 2.45) is 0 Å². The number of nitrogens with zero attached hydrogens (tertiary/aromatic N) is 1. The number of carbonyl (C=O) groups excluding carboxylic acids is 3. The lowest BCUT2D eigenvalue weighted by Gasteiger charge is -2.09. The zero-order chi connectivity index (χ0) is 18.3. The average Bonchev–Trinajstić information content (AvgIpc) is 2.52. The van der Waals surface area contributed by atoms with Crippen LogP contribution in [0.2, 0.25) is 0 Å². The minimum atomic E-state index is -0.875. The van der Waals surface area contributed by atoms with Gasteiger partial charge in [0.25, 0.3) is 5.56 Å². The number of aromatic amines is 1. The summed E-state index contributed by atoms with van der Waals surface area (Å²) in [6, 6.07) is 1.05. The molecule has 0 spiro atoms. The van der Waals surface area contributed by atoms with Crippen molar-refractivity contribution in [3.05, 3.63) is 45.5 Å². The number of aromatic nitrogens is 1. The van der Waals surface area contributed by atoms with Gasteiger partial charge >= 0.3 is 11.9 Å². The molecule has 1 heterocycles. The fourth-order valence-electron chi connectivity index (χ4n) is 1.75. The van der Waals surface area contributed by atoms with Gasteiger partial charge in [0.05, 0.1) is 24.3 Å². The number of allylic oxidation sites excluding steroid dienone is 1. The normalized spacial score (nSPS) is 10.5. The predicted octanol–water partition coefficient (Wildman–Crippen LogP) is 0.986. The molecular formula is C16H20N2O6. The number of esters is 2. The van der Waals surface area contributed by atoms with Crippen LogP contribution < -0.4 is 5.56 Å². The molecule has 0 amide bonds. The first-order chi connectivity index (χ1) is 11.3. The molecule has 1 N–H and O–H groups in total. The Bertz CT molecular complexity index is 718. The van der Waals surface area contributed by atoms with Crippen LogP contribution in [0.5, 0.6) is 0 Å². The Labute approximate surface area is 139 Å². The highest BCUT2D eigenvalue weighted by Crippen LogP contribution is 2.11. The number of ether oxygens (including phenoxy) is 2. The Morgan fingerprint density at radius 2 is 1.67 bits per heavy atom. The zero-order valence-corrected chi connectivity index (χ0v) is 14.0. The molecular weight excluding hydrogens is 316 g/mol. The third-order valence-electron chi connectivity index (χ3n) is 2.81. The van der Waals surface area contributed by atoms with E-state index in [4.69, 9.17) is 9.47 Å². The summed E-state index contributed by atoms with van der Waals surface area (Å²) in [5.41, 5.74) is -1.63. The summed E-state index contributed by atoms with van der Waals surface area (Å²) < 4.78 is 9.67. The van der Waals surface area contributed by atoms with Gasteiger partial charge in [-0.15, -0.1) is 0 Å². The van der Waals surface area contributed by atoms with Crippen LogP contribution in [0.1, 0.15) is 45.1 Å². The van der Waals surface area contributed by atoms with E-state index in [-0.39, 0.29) is 30.0 Å². The van der Waals surface area contributed by atoms with Gasteiger partial charge in [-0.1, -0.05) is 0 Å². The standard InChI is InChI=1S/C16H20N2O6/c1-5-23-15(21)11-9-10(12(19)7-8-18(3)4)14(20)17-13(11)16(22)24-6-2/h7-9H,5-6H2,1-4H3,(H,17,20). The highest BCUT2D eigenvalue weighted by molar-refractivity contribution is 6.08. The van der Waals surface area contributed by atoms with Crippen LogP contribution in [-0.2, 0) is 9.47 Å². The van der Waals surface area contributed by atoms with Crippen molar-refractivity contribution >= 4 is 17.7 Å². The van der Waals surface area contributed by atoms with Gasteiger partial charge in [-0.2, -0.15) is 0 Å². The minimum Gasteiger partial charge on any atom is -0.462 e. The summed E-state index contributed by atoms with van der Waals surface area (Å²) in [5.74, 6) is -2.31. The van der Waals surface area contributed by atoms with Crippen LogP contribution in [0.3, 0.4) is 0 Å². The second-order valence-electron chi connectivity index (χ2n) is 4.89. The molecule has 24 heavy (non-hydrogen) atoms. The SMILES string of the molecule is CCOC(=O)c1cc(C(=O)C=CN(C)C)c(=O)[nH]c1C(=O)OCC. The van der Waals surface area contributed by atoms with Crippen LogP contribution in [0.15, 0.2) is 23.1 Å². The highest BCUT2D eigenvalue weighted by atomic mass is 16.5. The Balaban J connectivity index is 3.42. The lowest BCUT2D eigenvalue weighted by Crippen LogP contribution is -2.25. The van der Waals surface area contributed by atoms with E-state index >= 15 is 0 Å². The van der Waals surface area contributed by atoms with Crippen molar-refractivity contribution in [3.8, 4) is 0 Å². The summed E-state index contributed by atoms with van der Waals surface area (Å²) in [5, 5.41) is 0.